The lowest BCUT2D eigenvalue weighted by Crippen LogP contribution is -2.11. The largest absolute Gasteiger partial charge is 0.361 e. The Morgan fingerprint density at radius 2 is 2.37 bits per heavy atom. The van der Waals surface area contributed by atoms with Crippen molar-refractivity contribution < 1.29 is 9.32 Å². The van der Waals surface area contributed by atoms with Gasteiger partial charge in [-0.15, -0.1) is 10.2 Å². The number of rotatable bonds is 6. The molecule has 8 heteroatoms. The molecule has 6 nitrogen and oxygen atoms in total. The summed E-state index contributed by atoms with van der Waals surface area (Å²) in [7, 11) is 0. The summed E-state index contributed by atoms with van der Waals surface area (Å²) in [4.78, 5) is 11.8. The zero-order valence-electron chi connectivity index (χ0n) is 10.7. The molecule has 0 unspecified atom stereocenters. The molecular weight excluding hydrogens is 284 g/mol. The second-order valence-corrected chi connectivity index (χ2v) is 6.17. The minimum atomic E-state index is -0.335. The Kier molecular flexibility index (Phi) is 4.92. The van der Waals surface area contributed by atoms with Gasteiger partial charge in [0.1, 0.15) is 5.76 Å². The van der Waals surface area contributed by atoms with Crippen LogP contribution in [0.5, 0.6) is 0 Å². The Morgan fingerprint density at radius 1 is 1.53 bits per heavy atom. The number of aromatic nitrogens is 3. The number of anilines is 1. The van der Waals surface area contributed by atoms with Crippen molar-refractivity contribution in [3.63, 3.8) is 0 Å². The number of amides is 1. The number of aryl methyl sites for hydroxylation is 1. The van der Waals surface area contributed by atoms with Crippen LogP contribution in [0.2, 0.25) is 0 Å². The molecule has 1 N–H and O–H groups in total. The summed E-state index contributed by atoms with van der Waals surface area (Å²) in [5, 5.41) is 14.7. The molecular formula is C11H14N4O2S2. The first-order chi connectivity index (χ1) is 9.19. The lowest BCUT2D eigenvalue weighted by Gasteiger charge is -1.95. The molecule has 0 aromatic carbocycles. The van der Waals surface area contributed by atoms with Crippen LogP contribution in [0.3, 0.4) is 0 Å². The molecule has 0 aliphatic rings. The zero-order valence-corrected chi connectivity index (χ0v) is 12.3. The van der Waals surface area contributed by atoms with Crippen molar-refractivity contribution in [3.05, 3.63) is 17.5 Å². The minimum absolute atomic E-state index is 0.243. The quantitative estimate of drug-likeness (QED) is 0.501. The van der Waals surface area contributed by atoms with Crippen molar-refractivity contribution in [1.82, 2.24) is 15.4 Å². The Labute approximate surface area is 119 Å². The SMILES string of the molecule is CCCCSc1nnc(NC(=O)c2cc(C)on2)s1. The van der Waals surface area contributed by atoms with Gasteiger partial charge in [0.15, 0.2) is 10.0 Å². The van der Waals surface area contributed by atoms with E-state index in [1.54, 1.807) is 24.8 Å². The fourth-order valence-electron chi connectivity index (χ4n) is 1.26. The average Bonchev–Trinajstić information content (AvgIpc) is 2.99. The van der Waals surface area contributed by atoms with E-state index in [1.807, 2.05) is 0 Å². The summed E-state index contributed by atoms with van der Waals surface area (Å²) in [6.45, 7) is 3.88. The van der Waals surface area contributed by atoms with Crippen LogP contribution in [-0.2, 0) is 0 Å². The van der Waals surface area contributed by atoms with Gasteiger partial charge in [0.2, 0.25) is 5.13 Å². The third-order valence-electron chi connectivity index (χ3n) is 2.21. The van der Waals surface area contributed by atoms with Crippen LogP contribution >= 0.6 is 23.1 Å². The fraction of sp³-hybridized carbons (Fsp3) is 0.455. The van der Waals surface area contributed by atoms with Gasteiger partial charge in [-0.25, -0.2) is 0 Å². The van der Waals surface area contributed by atoms with E-state index >= 15 is 0 Å². The molecule has 102 valence electrons. The molecule has 19 heavy (non-hydrogen) atoms. The highest BCUT2D eigenvalue weighted by Gasteiger charge is 2.13. The van der Waals surface area contributed by atoms with E-state index in [0.717, 1.165) is 22.9 Å². The Bertz CT molecular complexity index is 552. The molecule has 1 amide bonds. The normalized spacial score (nSPS) is 10.6. The Balaban J connectivity index is 1.90. The predicted octanol–water partition coefficient (Wildman–Crippen LogP) is 2.98. The van der Waals surface area contributed by atoms with Gasteiger partial charge in [-0.1, -0.05) is 41.6 Å². The summed E-state index contributed by atoms with van der Waals surface area (Å²) in [5.41, 5.74) is 0.243. The summed E-state index contributed by atoms with van der Waals surface area (Å²) in [5.74, 6) is 1.28. The molecule has 2 heterocycles. The van der Waals surface area contributed by atoms with Crippen molar-refractivity contribution in [2.45, 2.75) is 31.0 Å². The maximum absolute atomic E-state index is 11.8. The number of carbonyl (C=O) groups excluding carboxylic acids is 1. The molecule has 0 aliphatic carbocycles. The molecule has 2 aromatic rings. The molecule has 0 radical (unpaired) electrons. The molecule has 0 aliphatic heterocycles. The van der Waals surface area contributed by atoms with E-state index in [4.69, 9.17) is 4.52 Å². The van der Waals surface area contributed by atoms with Crippen molar-refractivity contribution in [1.29, 1.82) is 0 Å². The van der Waals surface area contributed by atoms with Crippen LogP contribution in [-0.4, -0.2) is 27.0 Å². The first kappa shape index (κ1) is 14.0. The molecule has 2 rings (SSSR count). The second kappa shape index (κ2) is 6.67. The van der Waals surface area contributed by atoms with E-state index in [9.17, 15) is 4.79 Å². The van der Waals surface area contributed by atoms with Gasteiger partial charge in [-0.05, 0) is 13.3 Å². The minimum Gasteiger partial charge on any atom is -0.361 e. The lowest BCUT2D eigenvalue weighted by atomic mass is 10.4. The number of hydrogen-bond acceptors (Lipinski definition) is 7. The predicted molar refractivity (Wildman–Crippen MR) is 74.7 cm³/mol. The van der Waals surface area contributed by atoms with Gasteiger partial charge >= 0.3 is 0 Å². The Hall–Kier alpha value is -1.41. The highest BCUT2D eigenvalue weighted by atomic mass is 32.2. The van der Waals surface area contributed by atoms with E-state index in [-0.39, 0.29) is 11.6 Å². The first-order valence-corrected chi connectivity index (χ1v) is 7.70. The maximum Gasteiger partial charge on any atom is 0.279 e. The molecule has 0 fully saturated rings. The van der Waals surface area contributed by atoms with Crippen LogP contribution in [0.1, 0.15) is 36.0 Å². The zero-order chi connectivity index (χ0) is 13.7. The number of nitrogens with one attached hydrogen (secondary N) is 1. The van der Waals surface area contributed by atoms with Crippen molar-refractivity contribution >= 4 is 34.1 Å². The molecule has 0 spiro atoms. The van der Waals surface area contributed by atoms with Gasteiger partial charge in [-0.3, -0.25) is 10.1 Å². The Morgan fingerprint density at radius 3 is 3.05 bits per heavy atom. The average molecular weight is 298 g/mol. The van der Waals surface area contributed by atoms with E-state index in [0.29, 0.717) is 10.9 Å². The van der Waals surface area contributed by atoms with Gasteiger partial charge in [0.25, 0.3) is 5.91 Å². The third-order valence-corrected chi connectivity index (χ3v) is 4.27. The first-order valence-electron chi connectivity index (χ1n) is 5.90. The summed E-state index contributed by atoms with van der Waals surface area (Å²) >= 11 is 3.02. The topological polar surface area (TPSA) is 80.9 Å². The summed E-state index contributed by atoms with van der Waals surface area (Å²) < 4.78 is 5.71. The molecule has 0 bridgehead atoms. The molecule has 2 aromatic heterocycles. The molecule has 0 saturated heterocycles. The van der Waals surface area contributed by atoms with Gasteiger partial charge < -0.3 is 4.52 Å². The van der Waals surface area contributed by atoms with Crippen molar-refractivity contribution in [2.75, 3.05) is 11.1 Å². The van der Waals surface area contributed by atoms with Crippen molar-refractivity contribution in [3.8, 4) is 0 Å². The van der Waals surface area contributed by atoms with E-state index < -0.39 is 0 Å². The van der Waals surface area contributed by atoms with E-state index in [1.165, 1.54) is 11.3 Å². The van der Waals surface area contributed by atoms with Crippen LogP contribution in [0, 0.1) is 6.92 Å². The summed E-state index contributed by atoms with van der Waals surface area (Å²) in [6, 6.07) is 1.58. The number of unbranched alkanes of at least 4 members (excludes halogenated alkanes) is 1. The fourth-order valence-corrected chi connectivity index (χ4v) is 3.16. The third kappa shape index (κ3) is 4.03. The van der Waals surface area contributed by atoms with Gasteiger partial charge in [-0.2, -0.15) is 0 Å². The maximum atomic E-state index is 11.8. The standard InChI is InChI=1S/C11H14N4O2S2/c1-3-4-5-18-11-14-13-10(19-11)12-9(16)8-6-7(2)17-15-8/h6H,3-5H2,1-2H3,(H,12,13,16). The highest BCUT2D eigenvalue weighted by molar-refractivity contribution is 8.01. The lowest BCUT2D eigenvalue weighted by molar-refractivity contribution is 0.101. The summed E-state index contributed by atoms with van der Waals surface area (Å²) in [6.07, 6.45) is 2.30. The molecule has 0 saturated carbocycles. The van der Waals surface area contributed by atoms with Gasteiger partial charge in [0, 0.05) is 11.8 Å². The second-order valence-electron chi connectivity index (χ2n) is 3.85. The number of thioether (sulfide) groups is 1. The van der Waals surface area contributed by atoms with E-state index in [2.05, 4.69) is 27.6 Å². The van der Waals surface area contributed by atoms with Gasteiger partial charge in [0.05, 0.1) is 0 Å². The van der Waals surface area contributed by atoms with Crippen LogP contribution in [0.25, 0.3) is 0 Å². The monoisotopic (exact) mass is 298 g/mol. The van der Waals surface area contributed by atoms with Crippen LogP contribution < -0.4 is 5.32 Å². The van der Waals surface area contributed by atoms with Crippen molar-refractivity contribution in [2.24, 2.45) is 0 Å². The number of carbonyl (C=O) groups is 1. The smallest absolute Gasteiger partial charge is 0.279 e. The number of hydrogen-bond donors (Lipinski definition) is 1. The van der Waals surface area contributed by atoms with Crippen LogP contribution in [0.4, 0.5) is 5.13 Å². The van der Waals surface area contributed by atoms with Crippen LogP contribution in [0.15, 0.2) is 14.9 Å². The number of nitrogens with zero attached hydrogens (tertiary/aromatic N) is 3. The molecule has 0 atom stereocenters. The highest BCUT2D eigenvalue weighted by Crippen LogP contribution is 2.26.